The fourth-order valence-electron chi connectivity index (χ4n) is 1.51. The van der Waals surface area contributed by atoms with E-state index in [1.165, 1.54) is 51.2 Å². The Morgan fingerprint density at radius 2 is 1.36 bits per heavy atom. The average molecular weight is 194 g/mol. The summed E-state index contributed by atoms with van der Waals surface area (Å²) in [5.41, 5.74) is 0. The molecular weight excluding hydrogens is 172 g/mol. The van der Waals surface area contributed by atoms with Gasteiger partial charge >= 0.3 is 0 Å². The van der Waals surface area contributed by atoms with Crippen molar-refractivity contribution in [1.82, 2.24) is 0 Å². The number of unbranched alkanes of at least 4 members (excludes halogenated alkanes) is 9. The second-order valence-corrected chi connectivity index (χ2v) is 3.73. The molecule has 14 heavy (non-hydrogen) atoms. The van der Waals surface area contributed by atoms with Crippen LogP contribution in [0, 0.1) is 16.7 Å². The Hall–Kier alpha value is -0.840. The number of nitrogens with zero attached hydrogens (tertiary/aromatic N) is 1. The van der Waals surface area contributed by atoms with Crippen LogP contribution >= 0.6 is 0 Å². The minimum absolute atomic E-state index is 0.722. The quantitative estimate of drug-likeness (QED) is 0.413. The van der Waals surface area contributed by atoms with Crippen molar-refractivity contribution in [2.24, 2.45) is 0 Å². The van der Waals surface area contributed by atoms with Gasteiger partial charge < -0.3 is 5.41 Å². The van der Waals surface area contributed by atoms with Gasteiger partial charge in [0.25, 0.3) is 0 Å². The van der Waals surface area contributed by atoms with Crippen LogP contribution in [0.15, 0.2) is 0 Å². The zero-order valence-corrected chi connectivity index (χ0v) is 9.10. The highest BCUT2D eigenvalue weighted by molar-refractivity contribution is 5.52. The second kappa shape index (κ2) is 12.2. The molecule has 0 heterocycles. The van der Waals surface area contributed by atoms with Crippen LogP contribution in [0.2, 0.25) is 0 Å². The van der Waals surface area contributed by atoms with Crippen molar-refractivity contribution >= 4 is 6.21 Å². The monoisotopic (exact) mass is 194 g/mol. The Morgan fingerprint density at radius 3 is 1.86 bits per heavy atom. The molecule has 0 fully saturated rings. The zero-order valence-electron chi connectivity index (χ0n) is 9.10. The van der Waals surface area contributed by atoms with E-state index in [1.54, 1.807) is 0 Å². The van der Waals surface area contributed by atoms with Crippen LogP contribution in [0.5, 0.6) is 0 Å². The maximum Gasteiger partial charge on any atom is 0.0621 e. The number of nitriles is 1. The van der Waals surface area contributed by atoms with Crippen LogP contribution in [0.25, 0.3) is 0 Å². The lowest BCUT2D eigenvalue weighted by Crippen LogP contribution is -1.81. The average Bonchev–Trinajstić information content (AvgIpc) is 2.21. The summed E-state index contributed by atoms with van der Waals surface area (Å²) in [4.78, 5) is 0. The molecule has 1 N–H and O–H groups in total. The third kappa shape index (κ3) is 11.2. The van der Waals surface area contributed by atoms with E-state index in [0.29, 0.717) is 0 Å². The first-order valence-corrected chi connectivity index (χ1v) is 5.77. The van der Waals surface area contributed by atoms with Gasteiger partial charge in [0, 0.05) is 6.42 Å². The summed E-state index contributed by atoms with van der Waals surface area (Å²) in [6, 6.07) is 2.17. The van der Waals surface area contributed by atoms with Gasteiger partial charge in [0.05, 0.1) is 6.07 Å². The van der Waals surface area contributed by atoms with Crippen molar-refractivity contribution in [2.45, 2.75) is 64.2 Å². The van der Waals surface area contributed by atoms with Crippen molar-refractivity contribution in [3.63, 3.8) is 0 Å². The molecule has 0 radical (unpaired) electrons. The Morgan fingerprint density at radius 1 is 0.857 bits per heavy atom. The van der Waals surface area contributed by atoms with Gasteiger partial charge in [-0.1, -0.05) is 38.5 Å². The van der Waals surface area contributed by atoms with E-state index in [-0.39, 0.29) is 0 Å². The molecule has 0 rings (SSSR count). The predicted octanol–water partition coefficient (Wildman–Crippen LogP) is 4.06. The van der Waals surface area contributed by atoms with Crippen molar-refractivity contribution in [3.05, 3.63) is 0 Å². The summed E-state index contributed by atoms with van der Waals surface area (Å²) >= 11 is 0. The molecule has 0 saturated heterocycles. The molecule has 0 aliphatic carbocycles. The lowest BCUT2D eigenvalue weighted by molar-refractivity contribution is 0.574. The first-order chi connectivity index (χ1) is 6.91. The van der Waals surface area contributed by atoms with Gasteiger partial charge in [-0.2, -0.15) is 5.26 Å². The van der Waals surface area contributed by atoms with Crippen molar-refractivity contribution in [1.29, 1.82) is 10.7 Å². The SMILES string of the molecule is N#CCCCCCCCCCCC=N. The zero-order chi connectivity index (χ0) is 10.5. The maximum absolute atomic E-state index is 8.32. The van der Waals surface area contributed by atoms with Crippen molar-refractivity contribution in [3.8, 4) is 6.07 Å². The minimum atomic E-state index is 0.722. The minimum Gasteiger partial charge on any atom is -0.313 e. The number of nitrogens with one attached hydrogen (secondary N) is 1. The van der Waals surface area contributed by atoms with Crippen LogP contribution in [0.4, 0.5) is 0 Å². The molecule has 0 atom stereocenters. The first kappa shape index (κ1) is 13.2. The fraction of sp³-hybridized carbons (Fsp3) is 0.833. The van der Waals surface area contributed by atoms with Gasteiger partial charge in [-0.3, -0.25) is 0 Å². The van der Waals surface area contributed by atoms with E-state index < -0.39 is 0 Å². The molecule has 0 unspecified atom stereocenters. The van der Waals surface area contributed by atoms with Crippen LogP contribution < -0.4 is 0 Å². The topological polar surface area (TPSA) is 47.6 Å². The van der Waals surface area contributed by atoms with Crippen LogP contribution in [-0.4, -0.2) is 6.21 Å². The Balaban J connectivity index is 2.85. The van der Waals surface area contributed by atoms with Crippen molar-refractivity contribution in [2.75, 3.05) is 0 Å². The van der Waals surface area contributed by atoms with E-state index in [0.717, 1.165) is 19.3 Å². The molecule has 0 aromatic rings. The van der Waals surface area contributed by atoms with E-state index >= 15 is 0 Å². The molecule has 0 aliphatic rings. The summed E-state index contributed by atoms with van der Waals surface area (Å²) in [6.07, 6.45) is 13.1. The summed E-state index contributed by atoms with van der Waals surface area (Å²) in [7, 11) is 0. The third-order valence-corrected chi connectivity index (χ3v) is 2.39. The van der Waals surface area contributed by atoms with E-state index in [4.69, 9.17) is 10.7 Å². The molecule has 0 spiro atoms. The number of hydrogen-bond donors (Lipinski definition) is 1. The third-order valence-electron chi connectivity index (χ3n) is 2.39. The standard InChI is InChI=1S/C12H22N2/c13-11-9-7-5-3-1-2-4-6-8-10-12-14/h11,13H,1-10H2. The van der Waals surface area contributed by atoms with Crippen LogP contribution in [0.3, 0.4) is 0 Å². The summed E-state index contributed by atoms with van der Waals surface area (Å²) < 4.78 is 0. The summed E-state index contributed by atoms with van der Waals surface area (Å²) in [5.74, 6) is 0. The molecule has 2 heteroatoms. The smallest absolute Gasteiger partial charge is 0.0621 e. The number of hydrogen-bond acceptors (Lipinski definition) is 2. The highest BCUT2D eigenvalue weighted by atomic mass is 14.3. The Labute approximate surface area is 87.8 Å². The van der Waals surface area contributed by atoms with E-state index in [2.05, 4.69) is 6.07 Å². The Bertz CT molecular complexity index is 158. The van der Waals surface area contributed by atoms with Gasteiger partial charge in [0.15, 0.2) is 0 Å². The fourth-order valence-corrected chi connectivity index (χ4v) is 1.51. The van der Waals surface area contributed by atoms with Gasteiger partial charge in [0.2, 0.25) is 0 Å². The molecule has 0 amide bonds. The second-order valence-electron chi connectivity index (χ2n) is 3.73. The molecule has 0 saturated carbocycles. The Kier molecular flexibility index (Phi) is 11.4. The lowest BCUT2D eigenvalue weighted by atomic mass is 10.1. The molecule has 2 nitrogen and oxygen atoms in total. The predicted molar refractivity (Wildman–Crippen MR) is 60.6 cm³/mol. The molecule has 0 aromatic carbocycles. The molecule has 0 aliphatic heterocycles. The number of rotatable bonds is 10. The highest BCUT2D eigenvalue weighted by Crippen LogP contribution is 2.09. The summed E-state index contributed by atoms with van der Waals surface area (Å²) in [5, 5.41) is 15.2. The van der Waals surface area contributed by atoms with Gasteiger partial charge in [-0.05, 0) is 25.5 Å². The molecule has 0 bridgehead atoms. The lowest BCUT2D eigenvalue weighted by Gasteiger charge is -1.99. The van der Waals surface area contributed by atoms with Gasteiger partial charge in [-0.25, -0.2) is 0 Å². The summed E-state index contributed by atoms with van der Waals surface area (Å²) in [6.45, 7) is 0. The first-order valence-electron chi connectivity index (χ1n) is 5.77. The normalized spacial score (nSPS) is 9.64. The largest absolute Gasteiger partial charge is 0.313 e. The molecule has 80 valence electrons. The van der Waals surface area contributed by atoms with E-state index in [9.17, 15) is 0 Å². The molecule has 0 aromatic heterocycles. The van der Waals surface area contributed by atoms with Crippen LogP contribution in [-0.2, 0) is 0 Å². The van der Waals surface area contributed by atoms with Gasteiger partial charge in [0.1, 0.15) is 0 Å². The van der Waals surface area contributed by atoms with Crippen molar-refractivity contribution < 1.29 is 0 Å². The van der Waals surface area contributed by atoms with Gasteiger partial charge in [-0.15, -0.1) is 0 Å². The highest BCUT2D eigenvalue weighted by Gasteiger charge is 1.91. The van der Waals surface area contributed by atoms with E-state index in [1.807, 2.05) is 0 Å². The maximum atomic E-state index is 8.32. The molecular formula is C12H22N2. The van der Waals surface area contributed by atoms with Crippen LogP contribution in [0.1, 0.15) is 64.2 Å².